The number of likely N-dealkylation sites (N-methyl/N-ethyl adjacent to an activating group) is 4. The molecule has 2 heterocycles. The van der Waals surface area contributed by atoms with Crippen LogP contribution >= 0.6 is 0 Å². The third-order valence-electron chi connectivity index (χ3n) is 14.4. The maximum atomic E-state index is 15.0. The fourth-order valence-corrected chi connectivity index (χ4v) is 9.81. The van der Waals surface area contributed by atoms with Gasteiger partial charge in [-0.2, -0.15) is 5.10 Å². The van der Waals surface area contributed by atoms with E-state index in [9.17, 15) is 33.6 Å². The van der Waals surface area contributed by atoms with E-state index in [-0.39, 0.29) is 62.2 Å². The predicted octanol–water partition coefficient (Wildman–Crippen LogP) is 6.62. The standard InChI is InChI=1S/C60H89N7O12/c1-17-44-52(61)45(18-2)67(62-44)34-43-26-24-42(25-27-43)33-51-56(71)66(16)47(29-36(5)6)58(73)77-39(11)53(68)63(13)48(30-37(7)8)59(74)78-50(32-41-22-20-19-21-23-41)55(70)65(15)46(28-35(3)4)57(72)76-40(12)54(69)64(14)49(31-38(9)10)60(75)79-51/h19-27,35-40,46-51H,17-18,28-34,61H2,1-16H3/t39-,40-,46+,47+,48+,49+,50-,51-/m1/s1. The van der Waals surface area contributed by atoms with E-state index in [1.807, 2.05) is 98.2 Å². The van der Waals surface area contributed by atoms with Crippen molar-refractivity contribution in [1.82, 2.24) is 29.4 Å². The first-order valence-electron chi connectivity index (χ1n) is 27.9. The van der Waals surface area contributed by atoms with Gasteiger partial charge in [0.25, 0.3) is 23.6 Å². The highest BCUT2D eigenvalue weighted by Crippen LogP contribution is 2.25. The maximum absolute atomic E-state index is 15.0. The molecule has 0 spiro atoms. The molecule has 4 rings (SSSR count). The van der Waals surface area contributed by atoms with Gasteiger partial charge in [-0.25, -0.2) is 19.2 Å². The van der Waals surface area contributed by atoms with Gasteiger partial charge < -0.3 is 44.3 Å². The summed E-state index contributed by atoms with van der Waals surface area (Å²) in [6, 6.07) is 11.2. The molecule has 0 radical (unpaired) electrons. The van der Waals surface area contributed by atoms with Crippen molar-refractivity contribution in [2.24, 2.45) is 23.7 Å². The van der Waals surface area contributed by atoms with Crippen LogP contribution in [0.15, 0.2) is 54.6 Å². The van der Waals surface area contributed by atoms with Gasteiger partial charge >= 0.3 is 23.9 Å². The minimum atomic E-state index is -1.54. The number of nitrogens with zero attached hydrogens (tertiary/aromatic N) is 6. The molecule has 3 aromatic rings. The first-order valence-corrected chi connectivity index (χ1v) is 27.9. The normalized spacial score (nSPS) is 23.4. The lowest BCUT2D eigenvalue weighted by molar-refractivity contribution is -0.176. The molecule has 0 bridgehead atoms. The van der Waals surface area contributed by atoms with Crippen LogP contribution < -0.4 is 5.73 Å². The van der Waals surface area contributed by atoms with Gasteiger partial charge in [0.05, 0.1) is 23.6 Å². The van der Waals surface area contributed by atoms with Crippen molar-refractivity contribution in [2.75, 3.05) is 33.9 Å². The fraction of sp³-hybridized carbons (Fsp3) is 0.617. The largest absolute Gasteiger partial charge is 0.451 e. The third kappa shape index (κ3) is 17.6. The molecule has 8 atom stereocenters. The van der Waals surface area contributed by atoms with E-state index in [0.29, 0.717) is 36.2 Å². The highest BCUT2D eigenvalue weighted by molar-refractivity contribution is 5.94. The van der Waals surface area contributed by atoms with Crippen molar-refractivity contribution in [3.05, 3.63) is 82.7 Å². The Morgan fingerprint density at radius 3 is 1.14 bits per heavy atom. The van der Waals surface area contributed by atoms with Crippen LogP contribution in [0, 0.1) is 23.7 Å². The zero-order chi connectivity index (χ0) is 59.2. The number of nitrogens with two attached hydrogens (primary N) is 1. The molecular weight excluding hydrogens is 1010 g/mol. The number of rotatable bonds is 16. The van der Waals surface area contributed by atoms with Gasteiger partial charge in [0.15, 0.2) is 24.4 Å². The van der Waals surface area contributed by atoms with Crippen LogP contribution in [0.3, 0.4) is 0 Å². The van der Waals surface area contributed by atoms with Crippen LogP contribution in [0.2, 0.25) is 0 Å². The number of benzene rings is 2. The average Bonchev–Trinajstić information content (AvgIpc) is 3.74. The predicted molar refractivity (Wildman–Crippen MR) is 300 cm³/mol. The van der Waals surface area contributed by atoms with Crippen LogP contribution in [0.5, 0.6) is 0 Å². The van der Waals surface area contributed by atoms with Gasteiger partial charge in [-0.1, -0.05) is 124 Å². The third-order valence-corrected chi connectivity index (χ3v) is 14.4. The monoisotopic (exact) mass is 1100 g/mol. The lowest BCUT2D eigenvalue weighted by Gasteiger charge is -2.35. The molecule has 436 valence electrons. The van der Waals surface area contributed by atoms with Crippen molar-refractivity contribution >= 4 is 53.2 Å². The highest BCUT2D eigenvalue weighted by Gasteiger charge is 2.43. The number of esters is 4. The van der Waals surface area contributed by atoms with E-state index in [4.69, 9.17) is 29.8 Å². The number of hydrogen-bond acceptors (Lipinski definition) is 14. The molecule has 0 unspecified atom stereocenters. The maximum Gasteiger partial charge on any atom is 0.329 e. The number of amides is 4. The molecule has 0 saturated carbocycles. The molecule has 1 aromatic heterocycles. The lowest BCUT2D eigenvalue weighted by atomic mass is 9.99. The number of aromatic nitrogens is 2. The number of cyclic esters (lactones) is 4. The Balaban J connectivity index is 1.86. The molecule has 19 heteroatoms. The van der Waals surface area contributed by atoms with Crippen molar-refractivity contribution in [2.45, 2.75) is 190 Å². The highest BCUT2D eigenvalue weighted by atomic mass is 16.6. The smallest absolute Gasteiger partial charge is 0.329 e. The van der Waals surface area contributed by atoms with E-state index < -0.39 is 96.1 Å². The Bertz CT molecular complexity index is 2550. The lowest BCUT2D eigenvalue weighted by Crippen LogP contribution is -2.55. The van der Waals surface area contributed by atoms with E-state index in [0.717, 1.165) is 36.6 Å². The summed E-state index contributed by atoms with van der Waals surface area (Å²) in [5.41, 5.74) is 11.0. The van der Waals surface area contributed by atoms with Gasteiger partial charge in [-0.05, 0) is 92.7 Å². The second-order valence-electron chi connectivity index (χ2n) is 22.8. The average molecular weight is 1100 g/mol. The SMILES string of the molecule is CCc1nn(Cc2ccc(C[C@H]3OC(=O)[C@H](CC(C)C)N(C)C(=O)[C@@H](C)OC(=O)[C@H](CC(C)C)N(C)C(=O)[C@@H](Cc4ccccc4)OC(=O)[C@H](CC(C)C)N(C)C(=O)[C@@H](C)OC(=O)[C@H](CC(C)C)N(C)C3=O)cc2)c(CC)c1N. The van der Waals surface area contributed by atoms with Crippen LogP contribution in [0.25, 0.3) is 0 Å². The summed E-state index contributed by atoms with van der Waals surface area (Å²) in [5, 5.41) is 4.73. The van der Waals surface area contributed by atoms with Crippen molar-refractivity contribution in [1.29, 1.82) is 0 Å². The van der Waals surface area contributed by atoms with Crippen molar-refractivity contribution in [3.63, 3.8) is 0 Å². The number of aryl methyl sites for hydroxylation is 1. The number of anilines is 1. The number of ether oxygens (including phenoxy) is 4. The second-order valence-corrected chi connectivity index (χ2v) is 22.8. The van der Waals surface area contributed by atoms with Crippen molar-refractivity contribution < 1.29 is 57.3 Å². The van der Waals surface area contributed by atoms with Gasteiger partial charge in [0.2, 0.25) is 0 Å². The molecule has 19 nitrogen and oxygen atoms in total. The zero-order valence-corrected chi connectivity index (χ0v) is 49.6. The van der Waals surface area contributed by atoms with E-state index in [1.54, 1.807) is 30.3 Å². The van der Waals surface area contributed by atoms with E-state index >= 15 is 4.79 Å². The molecule has 1 fully saturated rings. The minimum Gasteiger partial charge on any atom is -0.451 e. The summed E-state index contributed by atoms with van der Waals surface area (Å²) in [7, 11) is 5.57. The van der Waals surface area contributed by atoms with Gasteiger partial charge in [0.1, 0.15) is 24.2 Å². The van der Waals surface area contributed by atoms with Crippen LogP contribution in [0.4, 0.5) is 5.69 Å². The van der Waals surface area contributed by atoms with Gasteiger partial charge in [-0.15, -0.1) is 0 Å². The summed E-state index contributed by atoms with van der Waals surface area (Å²) < 4.78 is 26.0. The molecule has 1 saturated heterocycles. The fourth-order valence-electron chi connectivity index (χ4n) is 9.81. The molecule has 1 aliphatic heterocycles. The van der Waals surface area contributed by atoms with E-state index in [1.165, 1.54) is 42.0 Å². The molecule has 4 amide bonds. The summed E-state index contributed by atoms with van der Waals surface area (Å²) >= 11 is 0. The first-order chi connectivity index (χ1) is 37.1. The van der Waals surface area contributed by atoms with Crippen molar-refractivity contribution in [3.8, 4) is 0 Å². The number of carbonyl (C=O) groups excluding carboxylic acids is 8. The number of nitrogen functional groups attached to an aromatic ring is 1. The quantitative estimate of drug-likeness (QED) is 0.118. The Labute approximate surface area is 468 Å². The van der Waals surface area contributed by atoms with Crippen LogP contribution in [-0.4, -0.2) is 154 Å². The van der Waals surface area contributed by atoms with Gasteiger partial charge in [-0.3, -0.25) is 23.9 Å². The summed E-state index contributed by atoms with van der Waals surface area (Å²) in [4.78, 5) is 121. The molecule has 0 aliphatic carbocycles. The Hall–Kier alpha value is -6.79. The number of hydrogen-bond donors (Lipinski definition) is 1. The minimum absolute atomic E-state index is 0.0834. The van der Waals surface area contributed by atoms with Gasteiger partial charge in [0, 0.05) is 41.0 Å². The van der Waals surface area contributed by atoms with Crippen LogP contribution in [0.1, 0.15) is 137 Å². The zero-order valence-electron chi connectivity index (χ0n) is 49.6. The summed E-state index contributed by atoms with van der Waals surface area (Å²) in [6.45, 7) is 22.0. The molecule has 2 aromatic carbocycles. The Morgan fingerprint density at radius 1 is 0.468 bits per heavy atom. The Kier molecular flexibility index (Phi) is 24.1. The molecule has 1 aliphatic rings. The Morgan fingerprint density at radius 2 is 0.797 bits per heavy atom. The van der Waals surface area contributed by atoms with E-state index in [2.05, 4.69) is 0 Å². The summed E-state index contributed by atoms with van der Waals surface area (Å²) in [5.74, 6) is -7.35. The molecular formula is C60H89N7O12. The molecule has 2 N–H and O–H groups in total. The second kappa shape index (κ2) is 29.4. The molecule has 79 heavy (non-hydrogen) atoms. The van der Waals surface area contributed by atoms with Crippen LogP contribution in [-0.2, 0) is 89.5 Å². The topological polar surface area (TPSA) is 230 Å². The summed E-state index contributed by atoms with van der Waals surface area (Å²) in [6.07, 6.45) is -4.49. The first kappa shape index (κ1) is 64.7. The number of carbonyl (C=O) groups is 8.